The second kappa shape index (κ2) is 6.95. The van der Waals surface area contributed by atoms with Gasteiger partial charge in [-0.3, -0.25) is 4.90 Å². The lowest BCUT2D eigenvalue weighted by atomic mass is 10.0. The van der Waals surface area contributed by atoms with Crippen LogP contribution in [0.5, 0.6) is 0 Å². The molecule has 124 valence electrons. The third-order valence-electron chi connectivity index (χ3n) is 4.34. The summed E-state index contributed by atoms with van der Waals surface area (Å²) >= 11 is 0. The molecular weight excluding hydrogens is 302 g/mol. The van der Waals surface area contributed by atoms with Crippen molar-refractivity contribution in [2.75, 3.05) is 31.6 Å². The maximum atomic E-state index is 10.9. The van der Waals surface area contributed by atoms with Crippen LogP contribution < -0.4 is 4.90 Å². The fourth-order valence-corrected chi connectivity index (χ4v) is 3.25. The van der Waals surface area contributed by atoms with Gasteiger partial charge in [-0.05, 0) is 12.0 Å². The monoisotopic (exact) mass is 323 g/mol. The number of nitrogens with zero attached hydrogens (tertiary/aromatic N) is 5. The highest BCUT2D eigenvalue weighted by molar-refractivity contribution is 5.49. The fourth-order valence-electron chi connectivity index (χ4n) is 3.25. The molecule has 1 saturated heterocycles. The topological polar surface area (TPSA) is 76.3 Å². The van der Waals surface area contributed by atoms with Crippen molar-refractivity contribution in [1.82, 2.24) is 14.9 Å². The third kappa shape index (κ3) is 3.70. The molecule has 1 aromatic carbocycles. The Balaban J connectivity index is 1.64. The lowest BCUT2D eigenvalue weighted by Gasteiger charge is -2.29. The van der Waals surface area contributed by atoms with Gasteiger partial charge in [-0.2, -0.15) is 5.26 Å². The highest BCUT2D eigenvalue weighted by Crippen LogP contribution is 2.25. The van der Waals surface area contributed by atoms with E-state index in [1.165, 1.54) is 11.8 Å². The second-order valence-electron chi connectivity index (χ2n) is 6.37. The average Bonchev–Trinajstić information content (AvgIpc) is 2.96. The van der Waals surface area contributed by atoms with E-state index in [4.69, 9.17) is 5.26 Å². The number of rotatable bonds is 5. The first-order valence-corrected chi connectivity index (χ1v) is 8.00. The summed E-state index contributed by atoms with van der Waals surface area (Å²) in [5.41, 5.74) is 0.715. The van der Waals surface area contributed by atoms with Crippen LogP contribution in [0.2, 0.25) is 0 Å². The van der Waals surface area contributed by atoms with E-state index in [9.17, 15) is 5.11 Å². The highest BCUT2D eigenvalue weighted by atomic mass is 16.3. The number of likely N-dealkylation sites (N-methyl/N-ethyl adjacent to an activating group) is 1. The largest absolute Gasteiger partial charge is 0.387 e. The minimum atomic E-state index is -0.812. The number of aliphatic hydroxyl groups is 1. The Morgan fingerprint density at radius 2 is 2.04 bits per heavy atom. The zero-order valence-corrected chi connectivity index (χ0v) is 13.8. The summed E-state index contributed by atoms with van der Waals surface area (Å²) in [4.78, 5) is 12.3. The Morgan fingerprint density at radius 3 is 2.79 bits per heavy atom. The molecule has 6 heteroatoms. The molecule has 0 radical (unpaired) electrons. The van der Waals surface area contributed by atoms with Crippen molar-refractivity contribution in [2.45, 2.75) is 18.6 Å². The molecule has 1 fully saturated rings. The first kappa shape index (κ1) is 16.4. The Kier molecular flexibility index (Phi) is 4.74. The van der Waals surface area contributed by atoms with Gasteiger partial charge in [0, 0.05) is 45.6 Å². The number of likely N-dealkylation sites (tertiary alicyclic amines) is 1. The third-order valence-corrected chi connectivity index (χ3v) is 4.34. The van der Waals surface area contributed by atoms with Gasteiger partial charge >= 0.3 is 0 Å². The van der Waals surface area contributed by atoms with E-state index in [0.717, 1.165) is 13.1 Å². The van der Waals surface area contributed by atoms with E-state index < -0.39 is 5.60 Å². The van der Waals surface area contributed by atoms with Gasteiger partial charge in [0.05, 0.1) is 5.60 Å². The van der Waals surface area contributed by atoms with Gasteiger partial charge in [-0.1, -0.05) is 30.3 Å². The number of benzene rings is 1. The highest BCUT2D eigenvalue weighted by Gasteiger charge is 2.37. The van der Waals surface area contributed by atoms with Gasteiger partial charge < -0.3 is 10.0 Å². The van der Waals surface area contributed by atoms with Gasteiger partial charge in [0.2, 0.25) is 0 Å². The molecule has 6 nitrogen and oxygen atoms in total. The van der Waals surface area contributed by atoms with E-state index >= 15 is 0 Å². The van der Waals surface area contributed by atoms with Crippen molar-refractivity contribution in [1.29, 1.82) is 5.26 Å². The quantitative estimate of drug-likeness (QED) is 0.897. The van der Waals surface area contributed by atoms with E-state index in [0.29, 0.717) is 25.3 Å². The van der Waals surface area contributed by atoms with Crippen LogP contribution in [-0.4, -0.2) is 52.3 Å². The molecule has 1 atom stereocenters. The van der Waals surface area contributed by atoms with Crippen LogP contribution in [0.15, 0.2) is 42.7 Å². The number of nitriles is 1. The molecule has 0 amide bonds. The molecule has 2 heterocycles. The molecule has 2 aromatic rings. The van der Waals surface area contributed by atoms with Crippen LogP contribution in [0.25, 0.3) is 0 Å². The van der Waals surface area contributed by atoms with Crippen LogP contribution >= 0.6 is 0 Å². The van der Waals surface area contributed by atoms with Crippen LogP contribution in [-0.2, 0) is 6.54 Å². The van der Waals surface area contributed by atoms with E-state index in [1.54, 1.807) is 6.20 Å². The lowest BCUT2D eigenvalue weighted by molar-refractivity contribution is 0.0561. The van der Waals surface area contributed by atoms with Crippen LogP contribution in [0.1, 0.15) is 17.7 Å². The standard InChI is InChI=1S/C18H21N5O/c1-22(17-16(11-19)20-8-9-21-17)13-18(24)7-10-23(14-18)12-15-5-3-2-4-6-15/h2-6,8-9,24H,7,10,12-14H2,1H3. The Labute approximate surface area is 142 Å². The van der Waals surface area contributed by atoms with Gasteiger partial charge in [0.15, 0.2) is 11.5 Å². The van der Waals surface area contributed by atoms with Gasteiger partial charge in [0.25, 0.3) is 0 Å². The molecule has 1 N–H and O–H groups in total. The molecule has 1 aromatic heterocycles. The molecule has 0 saturated carbocycles. The van der Waals surface area contributed by atoms with Crippen molar-refractivity contribution in [3.05, 3.63) is 54.0 Å². The maximum absolute atomic E-state index is 10.9. The van der Waals surface area contributed by atoms with Crippen LogP contribution in [0, 0.1) is 11.3 Å². The number of hydrogen-bond acceptors (Lipinski definition) is 6. The summed E-state index contributed by atoms with van der Waals surface area (Å²) in [6.45, 7) is 2.71. The molecule has 24 heavy (non-hydrogen) atoms. The summed E-state index contributed by atoms with van der Waals surface area (Å²) in [5.74, 6) is 0.509. The zero-order chi connectivity index (χ0) is 17.0. The van der Waals surface area contributed by atoms with Gasteiger partial charge in [0.1, 0.15) is 6.07 Å². The number of β-amino-alcohol motifs (C(OH)–C–C–N with tert-alkyl or cyclic N) is 1. The molecule has 0 spiro atoms. The Morgan fingerprint density at radius 1 is 1.29 bits per heavy atom. The smallest absolute Gasteiger partial charge is 0.183 e. The molecule has 0 aliphatic carbocycles. The molecular formula is C18H21N5O. The molecule has 0 bridgehead atoms. The van der Waals surface area contributed by atoms with Crippen molar-refractivity contribution in [3.8, 4) is 6.07 Å². The minimum Gasteiger partial charge on any atom is -0.387 e. The molecule has 1 aliphatic rings. The van der Waals surface area contributed by atoms with Gasteiger partial charge in [-0.15, -0.1) is 0 Å². The Hall–Kier alpha value is -2.49. The number of hydrogen-bond donors (Lipinski definition) is 1. The van der Waals surface area contributed by atoms with E-state index in [-0.39, 0.29) is 5.69 Å². The average molecular weight is 323 g/mol. The first-order chi connectivity index (χ1) is 11.6. The second-order valence-corrected chi connectivity index (χ2v) is 6.37. The van der Waals surface area contributed by atoms with Gasteiger partial charge in [-0.25, -0.2) is 9.97 Å². The number of anilines is 1. The lowest BCUT2D eigenvalue weighted by Crippen LogP contribution is -2.44. The molecule has 1 unspecified atom stereocenters. The summed E-state index contributed by atoms with van der Waals surface area (Å²) in [5, 5.41) is 20.1. The predicted molar refractivity (Wildman–Crippen MR) is 91.3 cm³/mol. The predicted octanol–water partition coefficient (Wildman–Crippen LogP) is 1.42. The summed E-state index contributed by atoms with van der Waals surface area (Å²) in [6.07, 6.45) is 3.77. The zero-order valence-electron chi connectivity index (χ0n) is 13.8. The van der Waals surface area contributed by atoms with Crippen LogP contribution in [0.3, 0.4) is 0 Å². The van der Waals surface area contributed by atoms with Crippen molar-refractivity contribution in [3.63, 3.8) is 0 Å². The summed E-state index contributed by atoms with van der Waals surface area (Å²) < 4.78 is 0. The van der Waals surface area contributed by atoms with Crippen molar-refractivity contribution < 1.29 is 5.11 Å². The Bertz CT molecular complexity index is 730. The molecule has 1 aliphatic heterocycles. The normalized spacial score (nSPS) is 20.7. The van der Waals surface area contributed by atoms with Crippen LogP contribution in [0.4, 0.5) is 5.82 Å². The molecule has 3 rings (SSSR count). The van der Waals surface area contributed by atoms with Crippen molar-refractivity contribution >= 4 is 5.82 Å². The minimum absolute atomic E-state index is 0.280. The van der Waals surface area contributed by atoms with E-state index in [2.05, 4.69) is 27.0 Å². The van der Waals surface area contributed by atoms with E-state index in [1.807, 2.05) is 36.2 Å². The van der Waals surface area contributed by atoms with Crippen molar-refractivity contribution in [2.24, 2.45) is 0 Å². The summed E-state index contributed by atoms with van der Waals surface area (Å²) in [6, 6.07) is 12.3. The summed E-state index contributed by atoms with van der Waals surface area (Å²) in [7, 11) is 1.84. The maximum Gasteiger partial charge on any atom is 0.183 e. The first-order valence-electron chi connectivity index (χ1n) is 8.00. The fraction of sp³-hybridized carbons (Fsp3) is 0.389. The SMILES string of the molecule is CN(CC1(O)CCN(Cc2ccccc2)C1)c1nccnc1C#N. The number of aromatic nitrogens is 2.